The molecule has 0 bridgehead atoms. The highest BCUT2D eigenvalue weighted by atomic mass is 16.3. The molecule has 49 heavy (non-hydrogen) atoms. The van der Waals surface area contributed by atoms with E-state index in [4.69, 9.17) is 4.42 Å². The molecule has 0 fully saturated rings. The van der Waals surface area contributed by atoms with Crippen LogP contribution in [0, 0.1) is 12.8 Å². The minimum atomic E-state index is -0.0928. The zero-order valence-corrected chi connectivity index (χ0v) is 30.4. The number of furan rings is 1. The minimum Gasteiger partial charge on any atom is -0.470 e. The fourth-order valence-corrected chi connectivity index (χ4v) is 8.64. The first-order valence-corrected chi connectivity index (χ1v) is 18.3. The van der Waals surface area contributed by atoms with E-state index in [1.807, 2.05) is 0 Å². The van der Waals surface area contributed by atoms with Crippen molar-refractivity contribution in [2.24, 2.45) is 5.92 Å². The lowest BCUT2D eigenvalue weighted by Crippen LogP contribution is -2.59. The van der Waals surface area contributed by atoms with Crippen LogP contribution in [-0.2, 0) is 10.8 Å². The summed E-state index contributed by atoms with van der Waals surface area (Å²) in [6, 6.07) is 29.3. The smallest absolute Gasteiger partial charge is 0.294 e. The maximum atomic E-state index is 7.06. The molecular weight excluding hydrogens is 595 g/mol. The van der Waals surface area contributed by atoms with Gasteiger partial charge in [0, 0.05) is 39.8 Å². The van der Waals surface area contributed by atoms with Crippen LogP contribution in [0.3, 0.4) is 0 Å². The van der Waals surface area contributed by atoms with Gasteiger partial charge in [0.15, 0.2) is 0 Å². The second kappa shape index (κ2) is 11.6. The van der Waals surface area contributed by atoms with Gasteiger partial charge in [-0.15, -0.1) is 0 Å². The number of aryl methyl sites for hydroxylation is 1. The monoisotopic (exact) mass is 644 g/mol. The predicted octanol–water partition coefficient (Wildman–Crippen LogP) is 10.4. The van der Waals surface area contributed by atoms with Crippen molar-refractivity contribution in [1.29, 1.82) is 0 Å². The average molecular weight is 645 g/mol. The van der Waals surface area contributed by atoms with Gasteiger partial charge < -0.3 is 14.6 Å². The van der Waals surface area contributed by atoms with Gasteiger partial charge in [-0.2, -0.15) is 0 Å². The Labute approximate surface area is 293 Å². The van der Waals surface area contributed by atoms with E-state index in [9.17, 15) is 0 Å². The van der Waals surface area contributed by atoms with Gasteiger partial charge in [-0.05, 0) is 125 Å². The van der Waals surface area contributed by atoms with Crippen molar-refractivity contribution in [2.75, 3.05) is 10.2 Å². The molecule has 4 aromatic carbocycles. The van der Waals surface area contributed by atoms with E-state index < -0.39 is 0 Å². The normalized spacial score (nSPS) is 19.0. The van der Waals surface area contributed by atoms with Gasteiger partial charge in [0.05, 0.1) is 5.66 Å². The summed E-state index contributed by atoms with van der Waals surface area (Å²) in [6.45, 7) is 18.8. The third-order valence-electron chi connectivity index (χ3n) is 11.8. The van der Waals surface area contributed by atoms with Crippen LogP contribution >= 0.6 is 0 Å². The van der Waals surface area contributed by atoms with E-state index in [0.29, 0.717) is 11.8 Å². The molecule has 1 aromatic heterocycles. The number of allylic oxidation sites excluding steroid dienone is 4. The highest BCUT2D eigenvalue weighted by Gasteiger charge is 2.45. The van der Waals surface area contributed by atoms with Crippen molar-refractivity contribution in [3.63, 3.8) is 0 Å². The third-order valence-corrected chi connectivity index (χ3v) is 11.8. The average Bonchev–Trinajstić information content (AvgIpc) is 3.41. The molecular formula is C45H49BN2O. The van der Waals surface area contributed by atoms with E-state index in [-0.39, 0.29) is 17.5 Å². The van der Waals surface area contributed by atoms with Crippen LogP contribution < -0.4 is 26.8 Å². The lowest BCUT2D eigenvalue weighted by molar-refractivity contribution is 0.332. The Hall–Kier alpha value is -4.44. The van der Waals surface area contributed by atoms with E-state index in [0.717, 1.165) is 29.0 Å². The van der Waals surface area contributed by atoms with Crippen molar-refractivity contribution in [1.82, 2.24) is 0 Å². The lowest BCUT2D eigenvalue weighted by atomic mass is 9.35. The SMILES string of the molecule is Cc1c(B2c3cc4c(cc3N(C3=CC=CCC3C)c3cccc(Nc5ccccc5)c32)C(C)(C)CCC4(C)C)oc2ccc(C(C)C)cc12. The van der Waals surface area contributed by atoms with Crippen LogP contribution in [-0.4, -0.2) is 6.71 Å². The summed E-state index contributed by atoms with van der Waals surface area (Å²) in [5.74, 6) is 0.835. The van der Waals surface area contributed by atoms with Gasteiger partial charge in [0.25, 0.3) is 6.71 Å². The number of para-hydroxylation sites is 1. The van der Waals surface area contributed by atoms with Gasteiger partial charge in [0.2, 0.25) is 0 Å². The highest BCUT2D eigenvalue weighted by molar-refractivity contribution is 6.98. The Morgan fingerprint density at radius 3 is 2.31 bits per heavy atom. The van der Waals surface area contributed by atoms with Crippen LogP contribution in [0.5, 0.6) is 0 Å². The largest absolute Gasteiger partial charge is 0.470 e. The lowest BCUT2D eigenvalue weighted by Gasteiger charge is -2.46. The number of nitrogens with zero attached hydrogens (tertiary/aromatic N) is 1. The van der Waals surface area contributed by atoms with Crippen LogP contribution in [0.25, 0.3) is 11.0 Å². The molecule has 0 radical (unpaired) electrons. The number of fused-ring (bicyclic) bond motifs is 4. The molecule has 1 aliphatic heterocycles. The van der Waals surface area contributed by atoms with Crippen molar-refractivity contribution in [3.05, 3.63) is 125 Å². The van der Waals surface area contributed by atoms with Gasteiger partial charge >= 0.3 is 0 Å². The number of nitrogens with one attached hydrogen (secondary N) is 1. The summed E-state index contributed by atoms with van der Waals surface area (Å²) < 4.78 is 7.06. The van der Waals surface area contributed by atoms with Crippen LogP contribution in [0.15, 0.2) is 107 Å². The number of benzene rings is 4. The Kier molecular flexibility index (Phi) is 7.52. The molecule has 248 valence electrons. The predicted molar refractivity (Wildman–Crippen MR) is 211 cm³/mol. The molecule has 8 rings (SSSR count). The van der Waals surface area contributed by atoms with Gasteiger partial charge in [-0.1, -0.05) is 97.0 Å². The molecule has 0 saturated carbocycles. The maximum Gasteiger partial charge on any atom is 0.294 e. The number of hydrogen-bond acceptors (Lipinski definition) is 3. The van der Waals surface area contributed by atoms with Crippen LogP contribution in [0.1, 0.15) is 95.9 Å². The topological polar surface area (TPSA) is 28.4 Å². The number of anilines is 4. The fourth-order valence-electron chi connectivity index (χ4n) is 8.64. The summed E-state index contributed by atoms with van der Waals surface area (Å²) in [4.78, 5) is 2.60. The molecule has 2 aliphatic carbocycles. The molecule has 1 atom stereocenters. The molecule has 0 amide bonds. The molecule has 4 heteroatoms. The summed E-state index contributed by atoms with van der Waals surface area (Å²) in [5.41, 5.74) is 16.3. The standard InChI is InChI=1S/C45H49BN2O/c1-28(2)31-21-22-41-33(25-31)30(4)43(49-41)46-36-26-34-35(45(7,8)24-23-44(34,5)6)27-40(36)48(38-19-13-12-15-29(38)3)39-20-14-18-37(42(39)46)47-32-16-10-9-11-17-32/h9-14,16-22,25-29,47H,15,23-24H2,1-8H3. The Morgan fingerprint density at radius 2 is 1.59 bits per heavy atom. The maximum absolute atomic E-state index is 7.06. The molecule has 0 saturated heterocycles. The Bertz CT molecular complexity index is 2150. The van der Waals surface area contributed by atoms with Crippen molar-refractivity contribution in [3.8, 4) is 0 Å². The minimum absolute atomic E-state index is 0.0760. The van der Waals surface area contributed by atoms with E-state index in [1.165, 1.54) is 68.5 Å². The number of rotatable bonds is 5. The van der Waals surface area contributed by atoms with E-state index >= 15 is 0 Å². The van der Waals surface area contributed by atoms with Crippen LogP contribution in [0.2, 0.25) is 0 Å². The van der Waals surface area contributed by atoms with Crippen LogP contribution in [0.4, 0.5) is 22.7 Å². The highest BCUT2D eigenvalue weighted by Crippen LogP contribution is 2.49. The van der Waals surface area contributed by atoms with Gasteiger partial charge in [-0.25, -0.2) is 0 Å². The second-order valence-corrected chi connectivity index (χ2v) is 16.4. The van der Waals surface area contributed by atoms with Crippen molar-refractivity contribution < 1.29 is 4.42 Å². The number of hydrogen-bond donors (Lipinski definition) is 1. The van der Waals surface area contributed by atoms with Crippen molar-refractivity contribution in [2.45, 2.75) is 91.4 Å². The van der Waals surface area contributed by atoms with Gasteiger partial charge in [0.1, 0.15) is 5.58 Å². The van der Waals surface area contributed by atoms with E-state index in [1.54, 1.807) is 0 Å². The summed E-state index contributed by atoms with van der Waals surface area (Å²) in [5, 5.41) is 5.08. The first-order chi connectivity index (χ1) is 23.4. The third kappa shape index (κ3) is 5.18. The zero-order chi connectivity index (χ0) is 34.2. The van der Waals surface area contributed by atoms with Crippen molar-refractivity contribution >= 4 is 57.0 Å². The molecule has 2 heterocycles. The first-order valence-electron chi connectivity index (χ1n) is 18.3. The molecule has 3 aliphatic rings. The summed E-state index contributed by atoms with van der Waals surface area (Å²) in [6.07, 6.45) is 10.3. The zero-order valence-electron chi connectivity index (χ0n) is 30.4. The Morgan fingerprint density at radius 1 is 0.857 bits per heavy atom. The summed E-state index contributed by atoms with van der Waals surface area (Å²) in [7, 11) is 0. The Balaban J connectivity index is 1.47. The quantitative estimate of drug-likeness (QED) is 0.193. The van der Waals surface area contributed by atoms with Gasteiger partial charge in [-0.3, -0.25) is 0 Å². The molecule has 1 unspecified atom stereocenters. The first kappa shape index (κ1) is 31.8. The molecule has 3 nitrogen and oxygen atoms in total. The molecule has 0 spiro atoms. The second-order valence-electron chi connectivity index (χ2n) is 16.4. The molecule has 5 aromatic rings. The molecule has 1 N–H and O–H groups in total. The summed E-state index contributed by atoms with van der Waals surface area (Å²) >= 11 is 0. The van der Waals surface area contributed by atoms with E-state index in [2.05, 4.69) is 163 Å². The fraction of sp³-hybridized carbons (Fsp3) is 0.333.